The van der Waals surface area contributed by atoms with Crippen molar-refractivity contribution in [1.82, 2.24) is 4.98 Å². The van der Waals surface area contributed by atoms with Crippen molar-refractivity contribution in [1.29, 1.82) is 0 Å². The molecule has 0 radical (unpaired) electrons. The fraction of sp³-hybridized carbons (Fsp3) is 0.438. The molecule has 90 valence electrons. The van der Waals surface area contributed by atoms with Crippen LogP contribution < -0.4 is 0 Å². The molecule has 0 aliphatic heterocycles. The van der Waals surface area contributed by atoms with Gasteiger partial charge in [-0.05, 0) is 29.2 Å². The number of rotatable bonds is 3. The Bertz CT molecular complexity index is 514. The van der Waals surface area contributed by atoms with E-state index >= 15 is 0 Å². The van der Waals surface area contributed by atoms with Gasteiger partial charge in [-0.25, -0.2) is 0 Å². The van der Waals surface area contributed by atoms with Crippen molar-refractivity contribution >= 4 is 10.8 Å². The van der Waals surface area contributed by atoms with Crippen molar-refractivity contribution in [2.24, 2.45) is 0 Å². The Morgan fingerprint density at radius 3 is 2.29 bits per heavy atom. The summed E-state index contributed by atoms with van der Waals surface area (Å²) in [4.78, 5) is 4.68. The average molecular weight is 227 g/mol. The molecule has 1 aromatic carbocycles. The van der Waals surface area contributed by atoms with Gasteiger partial charge in [-0.15, -0.1) is 0 Å². The van der Waals surface area contributed by atoms with Crippen molar-refractivity contribution in [3.63, 3.8) is 0 Å². The van der Waals surface area contributed by atoms with Crippen LogP contribution in [0.15, 0.2) is 30.5 Å². The average Bonchev–Trinajstić information content (AvgIpc) is 2.36. The van der Waals surface area contributed by atoms with Gasteiger partial charge in [0.25, 0.3) is 0 Å². The Morgan fingerprint density at radius 1 is 1.06 bits per heavy atom. The van der Waals surface area contributed by atoms with Crippen LogP contribution in [-0.4, -0.2) is 4.98 Å². The van der Waals surface area contributed by atoms with E-state index in [1.165, 1.54) is 22.0 Å². The van der Waals surface area contributed by atoms with Gasteiger partial charge in [0.2, 0.25) is 0 Å². The van der Waals surface area contributed by atoms with Crippen LogP contribution in [0.25, 0.3) is 10.8 Å². The van der Waals surface area contributed by atoms with E-state index in [1.54, 1.807) is 0 Å². The van der Waals surface area contributed by atoms with E-state index in [1.807, 2.05) is 0 Å². The van der Waals surface area contributed by atoms with Crippen LogP contribution in [-0.2, 0) is 0 Å². The monoisotopic (exact) mass is 227 g/mol. The maximum Gasteiger partial charge on any atom is 0.0507 e. The predicted octanol–water partition coefficient (Wildman–Crippen LogP) is 4.87. The van der Waals surface area contributed by atoms with E-state index in [4.69, 9.17) is 0 Å². The molecule has 1 unspecified atom stereocenters. The molecule has 1 nitrogen and oxygen atoms in total. The first-order valence-electron chi connectivity index (χ1n) is 6.52. The standard InChI is InChI=1S/C16H21N/c1-5-12(4)15-10-17-16(11(2)3)14-9-7-6-8-13(14)15/h6-12H,5H2,1-4H3. The van der Waals surface area contributed by atoms with Gasteiger partial charge < -0.3 is 0 Å². The summed E-state index contributed by atoms with van der Waals surface area (Å²) in [5.41, 5.74) is 2.60. The minimum absolute atomic E-state index is 0.478. The van der Waals surface area contributed by atoms with Gasteiger partial charge in [0.15, 0.2) is 0 Å². The second-order valence-corrected chi connectivity index (χ2v) is 5.11. The zero-order chi connectivity index (χ0) is 12.4. The molecule has 0 saturated heterocycles. The highest BCUT2D eigenvalue weighted by molar-refractivity contribution is 5.88. The summed E-state index contributed by atoms with van der Waals surface area (Å²) in [7, 11) is 0. The van der Waals surface area contributed by atoms with Crippen LogP contribution in [0.5, 0.6) is 0 Å². The zero-order valence-corrected chi connectivity index (χ0v) is 11.2. The molecule has 0 spiro atoms. The lowest BCUT2D eigenvalue weighted by Gasteiger charge is -2.16. The molecule has 0 saturated carbocycles. The highest BCUT2D eigenvalue weighted by atomic mass is 14.7. The summed E-state index contributed by atoms with van der Waals surface area (Å²) in [6, 6.07) is 8.66. The summed E-state index contributed by atoms with van der Waals surface area (Å²) in [6.45, 7) is 8.92. The van der Waals surface area contributed by atoms with Gasteiger partial charge in [-0.3, -0.25) is 4.98 Å². The fourth-order valence-corrected chi connectivity index (χ4v) is 2.31. The quantitative estimate of drug-likeness (QED) is 0.728. The molecule has 1 aromatic heterocycles. The first kappa shape index (κ1) is 12.1. The number of nitrogens with zero attached hydrogens (tertiary/aromatic N) is 1. The SMILES string of the molecule is CCC(C)c1cnc(C(C)C)c2ccccc12. The summed E-state index contributed by atoms with van der Waals surface area (Å²) < 4.78 is 0. The third kappa shape index (κ3) is 2.19. The molecule has 1 atom stereocenters. The normalized spacial score (nSPS) is 13.2. The Kier molecular flexibility index (Phi) is 3.46. The third-order valence-electron chi connectivity index (χ3n) is 3.55. The summed E-state index contributed by atoms with van der Waals surface area (Å²) in [5, 5.41) is 2.70. The van der Waals surface area contributed by atoms with Crippen LogP contribution in [0.1, 0.15) is 57.2 Å². The maximum atomic E-state index is 4.68. The molecular weight excluding hydrogens is 206 g/mol. The molecule has 2 rings (SSSR count). The molecule has 17 heavy (non-hydrogen) atoms. The van der Waals surface area contributed by atoms with Crippen LogP contribution in [0.3, 0.4) is 0 Å². The van der Waals surface area contributed by atoms with Crippen molar-refractivity contribution < 1.29 is 0 Å². The van der Waals surface area contributed by atoms with Gasteiger partial charge in [0.1, 0.15) is 0 Å². The topological polar surface area (TPSA) is 12.9 Å². The highest BCUT2D eigenvalue weighted by Crippen LogP contribution is 2.30. The minimum Gasteiger partial charge on any atom is -0.260 e. The van der Waals surface area contributed by atoms with Gasteiger partial charge in [-0.2, -0.15) is 0 Å². The molecule has 1 heteroatoms. The Morgan fingerprint density at radius 2 is 1.71 bits per heavy atom. The molecule has 0 N–H and O–H groups in total. The summed E-state index contributed by atoms with van der Waals surface area (Å²) in [5.74, 6) is 1.06. The predicted molar refractivity (Wildman–Crippen MR) is 74.5 cm³/mol. The van der Waals surface area contributed by atoms with E-state index < -0.39 is 0 Å². The molecule has 0 fully saturated rings. The van der Waals surface area contributed by atoms with Gasteiger partial charge in [0.05, 0.1) is 5.69 Å². The number of pyridine rings is 1. The number of fused-ring (bicyclic) bond motifs is 1. The maximum absolute atomic E-state index is 4.68. The third-order valence-corrected chi connectivity index (χ3v) is 3.55. The molecular formula is C16H21N. The molecule has 2 aromatic rings. The van der Waals surface area contributed by atoms with Crippen LogP contribution in [0.2, 0.25) is 0 Å². The highest BCUT2D eigenvalue weighted by Gasteiger charge is 2.12. The van der Waals surface area contributed by atoms with E-state index in [0.717, 1.165) is 6.42 Å². The molecule has 1 heterocycles. The lowest BCUT2D eigenvalue weighted by atomic mass is 9.92. The Labute approximate surface area is 104 Å². The second kappa shape index (κ2) is 4.87. The van der Waals surface area contributed by atoms with E-state index in [9.17, 15) is 0 Å². The summed E-state index contributed by atoms with van der Waals surface area (Å²) >= 11 is 0. The van der Waals surface area contributed by atoms with E-state index in [-0.39, 0.29) is 0 Å². The van der Waals surface area contributed by atoms with Crippen molar-refractivity contribution in [2.75, 3.05) is 0 Å². The number of benzene rings is 1. The summed E-state index contributed by atoms with van der Waals surface area (Å²) in [6.07, 6.45) is 3.23. The van der Waals surface area contributed by atoms with Gasteiger partial charge in [0, 0.05) is 11.6 Å². The molecule has 0 aliphatic rings. The smallest absolute Gasteiger partial charge is 0.0507 e. The largest absolute Gasteiger partial charge is 0.260 e. The number of aromatic nitrogens is 1. The van der Waals surface area contributed by atoms with Crippen molar-refractivity contribution in [2.45, 2.75) is 46.0 Å². The van der Waals surface area contributed by atoms with Crippen LogP contribution in [0.4, 0.5) is 0 Å². The van der Waals surface area contributed by atoms with Gasteiger partial charge >= 0.3 is 0 Å². The second-order valence-electron chi connectivity index (χ2n) is 5.11. The van der Waals surface area contributed by atoms with Gasteiger partial charge in [-0.1, -0.05) is 52.0 Å². The Balaban J connectivity index is 2.70. The van der Waals surface area contributed by atoms with Crippen molar-refractivity contribution in [3.05, 3.63) is 41.7 Å². The molecule has 0 bridgehead atoms. The first-order valence-corrected chi connectivity index (χ1v) is 6.52. The molecule has 0 amide bonds. The Hall–Kier alpha value is -1.37. The van der Waals surface area contributed by atoms with Crippen LogP contribution >= 0.6 is 0 Å². The van der Waals surface area contributed by atoms with Crippen LogP contribution in [0, 0.1) is 0 Å². The minimum atomic E-state index is 0.478. The number of hydrogen-bond donors (Lipinski definition) is 0. The van der Waals surface area contributed by atoms with Crippen molar-refractivity contribution in [3.8, 4) is 0 Å². The van der Waals surface area contributed by atoms with E-state index in [2.05, 4.69) is 63.1 Å². The number of hydrogen-bond acceptors (Lipinski definition) is 1. The first-order chi connectivity index (χ1) is 8.15. The fourth-order valence-electron chi connectivity index (χ4n) is 2.31. The van der Waals surface area contributed by atoms with E-state index in [0.29, 0.717) is 11.8 Å². The zero-order valence-electron chi connectivity index (χ0n) is 11.2. The lowest BCUT2D eigenvalue weighted by Crippen LogP contribution is -2.00. The lowest BCUT2D eigenvalue weighted by molar-refractivity contribution is 0.732. The molecule has 0 aliphatic carbocycles.